The SMILES string of the molecule is [2H]N1CCC(C(=O)OCC)CC1. The van der Waals surface area contributed by atoms with Crippen LogP contribution in [0.4, 0.5) is 0 Å². The second-order valence-electron chi connectivity index (χ2n) is 2.70. The zero-order chi connectivity index (χ0) is 8.97. The van der Waals surface area contributed by atoms with Crippen LogP contribution < -0.4 is 5.31 Å². The normalized spacial score (nSPS) is 22.8. The summed E-state index contributed by atoms with van der Waals surface area (Å²) in [4.78, 5) is 11.2. The summed E-state index contributed by atoms with van der Waals surface area (Å²) in [6.45, 7) is 3.64. The molecule has 1 N–H and O–H groups in total. The molecule has 1 aliphatic heterocycles. The molecule has 0 unspecified atom stereocenters. The average molecular weight is 158 g/mol. The molecule has 0 aliphatic carbocycles. The molecule has 3 nitrogen and oxygen atoms in total. The van der Waals surface area contributed by atoms with Crippen LogP contribution in [0, 0.1) is 5.92 Å². The molecule has 64 valence electrons. The minimum atomic E-state index is -0.0920. The topological polar surface area (TPSA) is 38.3 Å². The highest BCUT2D eigenvalue weighted by molar-refractivity contribution is 5.72. The third-order valence-electron chi connectivity index (χ3n) is 1.89. The van der Waals surface area contributed by atoms with Crippen LogP contribution in [0.25, 0.3) is 0 Å². The van der Waals surface area contributed by atoms with Gasteiger partial charge in [0, 0.05) is 0 Å². The van der Waals surface area contributed by atoms with E-state index in [-0.39, 0.29) is 11.9 Å². The van der Waals surface area contributed by atoms with Gasteiger partial charge in [-0.25, -0.2) is 0 Å². The Morgan fingerprint density at radius 2 is 2.36 bits per heavy atom. The van der Waals surface area contributed by atoms with Gasteiger partial charge in [0.15, 0.2) is 0 Å². The van der Waals surface area contributed by atoms with Crippen LogP contribution in [-0.4, -0.2) is 25.7 Å². The molecule has 0 amide bonds. The van der Waals surface area contributed by atoms with Crippen molar-refractivity contribution in [2.75, 3.05) is 19.7 Å². The fraction of sp³-hybridized carbons (Fsp3) is 0.875. The van der Waals surface area contributed by atoms with Crippen molar-refractivity contribution in [1.82, 2.24) is 5.31 Å². The Balaban J connectivity index is 2.29. The molecule has 0 saturated carbocycles. The molecule has 1 fully saturated rings. The van der Waals surface area contributed by atoms with E-state index in [1.807, 2.05) is 6.92 Å². The van der Waals surface area contributed by atoms with E-state index in [1.54, 1.807) is 0 Å². The largest absolute Gasteiger partial charge is 0.466 e. The first-order chi connectivity index (χ1) is 5.74. The molecule has 1 aliphatic rings. The zero-order valence-electron chi connectivity index (χ0n) is 7.88. The fourth-order valence-electron chi connectivity index (χ4n) is 1.25. The molecule has 0 aromatic rings. The maximum Gasteiger partial charge on any atom is 0.309 e. The van der Waals surface area contributed by atoms with Crippen LogP contribution in [0.1, 0.15) is 19.8 Å². The van der Waals surface area contributed by atoms with Crippen molar-refractivity contribution in [2.45, 2.75) is 19.8 Å². The first-order valence-electron chi connectivity index (χ1n) is 4.59. The second-order valence-corrected chi connectivity index (χ2v) is 2.70. The van der Waals surface area contributed by atoms with Crippen molar-refractivity contribution < 1.29 is 10.9 Å². The molecular weight excluding hydrogens is 142 g/mol. The van der Waals surface area contributed by atoms with Gasteiger partial charge >= 0.3 is 5.97 Å². The summed E-state index contributed by atoms with van der Waals surface area (Å²) in [7, 11) is 0. The van der Waals surface area contributed by atoms with Crippen molar-refractivity contribution in [3.63, 3.8) is 0 Å². The Labute approximate surface area is 68.6 Å². The number of ether oxygens (including phenoxy) is 1. The van der Waals surface area contributed by atoms with Crippen molar-refractivity contribution in [1.29, 1.82) is 0 Å². The Morgan fingerprint density at radius 3 is 2.91 bits per heavy atom. The molecule has 0 atom stereocenters. The lowest BCUT2D eigenvalue weighted by molar-refractivity contribution is -0.148. The van der Waals surface area contributed by atoms with Crippen LogP contribution in [0.5, 0.6) is 0 Å². The van der Waals surface area contributed by atoms with Gasteiger partial charge in [-0.1, -0.05) is 0 Å². The predicted octanol–water partition coefficient (Wildman–Crippen LogP) is 0.549. The first kappa shape index (κ1) is 7.10. The lowest BCUT2D eigenvalue weighted by Gasteiger charge is -2.20. The van der Waals surface area contributed by atoms with Gasteiger partial charge < -0.3 is 10.0 Å². The zero-order valence-corrected chi connectivity index (χ0v) is 6.88. The van der Waals surface area contributed by atoms with Gasteiger partial charge in [0.1, 0.15) is 1.41 Å². The van der Waals surface area contributed by atoms with Gasteiger partial charge in [0.05, 0.1) is 12.5 Å². The third kappa shape index (κ3) is 2.50. The molecule has 0 aromatic heterocycles. The van der Waals surface area contributed by atoms with E-state index >= 15 is 0 Å². The van der Waals surface area contributed by atoms with Crippen molar-refractivity contribution in [3.8, 4) is 0 Å². The number of esters is 1. The highest BCUT2D eigenvalue weighted by atomic mass is 16.5. The standard InChI is InChI=1S/C8H15NO2/c1-2-11-8(10)7-3-5-9-6-4-7/h7,9H,2-6H2,1H3/i/hD. The summed E-state index contributed by atoms with van der Waals surface area (Å²) in [5.74, 6) is -0.0582. The van der Waals surface area contributed by atoms with Crippen LogP contribution in [0.3, 0.4) is 0 Å². The first-order valence-corrected chi connectivity index (χ1v) is 4.14. The van der Waals surface area contributed by atoms with Gasteiger partial charge in [-0.05, 0) is 32.9 Å². The summed E-state index contributed by atoms with van der Waals surface area (Å²) in [6.07, 6.45) is 1.53. The smallest absolute Gasteiger partial charge is 0.309 e. The summed E-state index contributed by atoms with van der Waals surface area (Å²) < 4.78 is 12.2. The van der Waals surface area contributed by atoms with Crippen LogP contribution in [0.2, 0.25) is 1.41 Å². The van der Waals surface area contributed by atoms with Gasteiger partial charge in [0.2, 0.25) is 0 Å². The van der Waals surface area contributed by atoms with Crippen molar-refractivity contribution in [2.24, 2.45) is 5.92 Å². The monoisotopic (exact) mass is 158 g/mol. The highest BCUT2D eigenvalue weighted by Crippen LogP contribution is 2.12. The lowest BCUT2D eigenvalue weighted by atomic mass is 9.99. The number of hydrogen-bond donors (Lipinski definition) is 1. The molecule has 0 aromatic carbocycles. The summed E-state index contributed by atoms with van der Waals surface area (Å²) in [6, 6.07) is 0. The minimum absolute atomic E-state index is 0.0338. The van der Waals surface area contributed by atoms with Gasteiger partial charge in [0.25, 0.3) is 0 Å². The molecule has 3 heteroatoms. The number of carbonyl (C=O) groups excluding carboxylic acids is 1. The fourth-order valence-corrected chi connectivity index (χ4v) is 1.25. The maximum atomic E-state index is 11.2. The minimum Gasteiger partial charge on any atom is -0.466 e. The van der Waals surface area contributed by atoms with E-state index in [2.05, 4.69) is 0 Å². The van der Waals surface area contributed by atoms with E-state index in [4.69, 9.17) is 6.15 Å². The van der Waals surface area contributed by atoms with Crippen LogP contribution in [0.15, 0.2) is 0 Å². The second kappa shape index (κ2) is 4.34. The number of piperidine rings is 1. The number of carbonyl (C=O) groups is 1. The summed E-state index contributed by atoms with van der Waals surface area (Å²) >= 11 is 0. The Hall–Kier alpha value is -0.570. The quantitative estimate of drug-likeness (QED) is 0.596. The highest BCUT2D eigenvalue weighted by Gasteiger charge is 2.21. The Bertz CT molecular complexity index is 155. The Morgan fingerprint density at radius 1 is 1.73 bits per heavy atom. The van der Waals surface area contributed by atoms with Gasteiger partial charge in [-0.3, -0.25) is 4.79 Å². The van der Waals surface area contributed by atoms with E-state index in [9.17, 15) is 4.79 Å². The number of nitrogens with one attached hydrogen (secondary N) is 1. The van der Waals surface area contributed by atoms with Crippen molar-refractivity contribution >= 4 is 5.97 Å². The van der Waals surface area contributed by atoms with E-state index in [1.165, 1.54) is 5.31 Å². The number of rotatable bonds is 2. The molecule has 1 heterocycles. The molecule has 1 rings (SSSR count). The maximum absolute atomic E-state index is 11.2. The van der Waals surface area contributed by atoms with Gasteiger partial charge in [-0.2, -0.15) is 0 Å². The average Bonchev–Trinajstić information content (AvgIpc) is 2.06. The van der Waals surface area contributed by atoms with E-state index in [0.29, 0.717) is 19.7 Å². The van der Waals surface area contributed by atoms with E-state index in [0.717, 1.165) is 12.8 Å². The van der Waals surface area contributed by atoms with Gasteiger partial charge in [-0.15, -0.1) is 0 Å². The number of hydrogen-bond acceptors (Lipinski definition) is 3. The van der Waals surface area contributed by atoms with Crippen molar-refractivity contribution in [3.05, 3.63) is 0 Å². The third-order valence-corrected chi connectivity index (χ3v) is 1.89. The lowest BCUT2D eigenvalue weighted by Crippen LogP contribution is -2.32. The predicted molar refractivity (Wildman–Crippen MR) is 42.2 cm³/mol. The molecule has 0 radical (unpaired) electrons. The molecule has 1 saturated heterocycles. The van der Waals surface area contributed by atoms with Crippen LogP contribution in [-0.2, 0) is 9.53 Å². The molecule has 0 spiro atoms. The van der Waals surface area contributed by atoms with Crippen LogP contribution >= 0.6 is 0 Å². The summed E-state index contributed by atoms with van der Waals surface area (Å²) in [5, 5.41) is 1.50. The van der Waals surface area contributed by atoms with E-state index < -0.39 is 0 Å². The molecule has 11 heavy (non-hydrogen) atoms. The Kier molecular flexibility index (Phi) is 2.80. The summed E-state index contributed by atoms with van der Waals surface area (Å²) in [5.41, 5.74) is 0. The molecular formula is C8H15NO2. The molecule has 0 bridgehead atoms.